The third kappa shape index (κ3) is 4.48. The van der Waals surface area contributed by atoms with Crippen molar-refractivity contribution in [3.8, 4) is 0 Å². The second-order valence-corrected chi connectivity index (χ2v) is 6.52. The highest BCUT2D eigenvalue weighted by Crippen LogP contribution is 2.33. The molecule has 19 heavy (non-hydrogen) atoms. The number of hydrogen-bond acceptors (Lipinski definition) is 3. The van der Waals surface area contributed by atoms with E-state index in [9.17, 15) is 4.39 Å². The van der Waals surface area contributed by atoms with Gasteiger partial charge in [0.15, 0.2) is 0 Å². The maximum atomic E-state index is 14.0. The van der Waals surface area contributed by atoms with Crippen molar-refractivity contribution < 1.29 is 9.13 Å². The van der Waals surface area contributed by atoms with Crippen molar-refractivity contribution in [2.75, 3.05) is 13.2 Å². The molecule has 0 radical (unpaired) electrons. The van der Waals surface area contributed by atoms with Crippen molar-refractivity contribution in [1.29, 1.82) is 0 Å². The Kier molecular flexibility index (Phi) is 5.67. The van der Waals surface area contributed by atoms with Crippen molar-refractivity contribution in [1.82, 2.24) is 5.32 Å². The summed E-state index contributed by atoms with van der Waals surface area (Å²) in [5, 5.41) is 3.85. The molecule has 1 aliphatic rings. The van der Waals surface area contributed by atoms with Gasteiger partial charge in [-0.3, -0.25) is 0 Å². The number of hydrogen-bond donors (Lipinski definition) is 1. The lowest BCUT2D eigenvalue weighted by molar-refractivity contribution is 0.1000. The zero-order chi connectivity index (χ0) is 13.7. The Hall–Kier alpha value is -0.580. The molecule has 0 amide bonds. The molecule has 0 aromatic heterocycles. The number of nitrogens with one attached hydrogen (secondary N) is 1. The summed E-state index contributed by atoms with van der Waals surface area (Å²) < 4.78 is 19.3. The molecule has 106 valence electrons. The molecule has 0 aliphatic carbocycles. The largest absolute Gasteiger partial charge is 0.381 e. The first-order chi connectivity index (χ1) is 9.16. The van der Waals surface area contributed by atoms with E-state index in [0.29, 0.717) is 17.8 Å². The van der Waals surface area contributed by atoms with E-state index in [1.165, 1.54) is 0 Å². The van der Waals surface area contributed by atoms with Crippen molar-refractivity contribution in [2.45, 2.75) is 49.4 Å². The fourth-order valence-electron chi connectivity index (χ4n) is 2.10. The normalized spacial score (nSPS) is 17.1. The Labute approximate surface area is 119 Å². The fourth-order valence-corrected chi connectivity index (χ4v) is 3.36. The van der Waals surface area contributed by atoms with Gasteiger partial charge in [0.25, 0.3) is 0 Å². The minimum absolute atomic E-state index is 0.106. The summed E-state index contributed by atoms with van der Waals surface area (Å²) in [6, 6.07) is 5.74. The first-order valence-electron chi connectivity index (χ1n) is 6.92. The van der Waals surface area contributed by atoms with Gasteiger partial charge in [-0.15, -0.1) is 11.8 Å². The average Bonchev–Trinajstić information content (AvgIpc) is 2.39. The predicted octanol–water partition coefficient (Wildman–Crippen LogP) is 3.59. The molecule has 2 rings (SSSR count). The van der Waals surface area contributed by atoms with Gasteiger partial charge in [-0.05, 0) is 25.0 Å². The van der Waals surface area contributed by atoms with Gasteiger partial charge in [0.2, 0.25) is 0 Å². The monoisotopic (exact) mass is 283 g/mol. The average molecular weight is 283 g/mol. The molecule has 1 aliphatic heterocycles. The lowest BCUT2D eigenvalue weighted by Gasteiger charge is -2.23. The number of halogens is 1. The standard InChI is InChI=1S/C15H22FNOS/c1-11(2)17-10-13-14(16)4-3-5-15(13)19-12-6-8-18-9-7-12/h3-5,11-12,17H,6-10H2,1-2H3. The second-order valence-electron chi connectivity index (χ2n) is 5.18. The van der Waals surface area contributed by atoms with Crippen LogP contribution in [0.1, 0.15) is 32.3 Å². The van der Waals surface area contributed by atoms with E-state index in [4.69, 9.17) is 4.74 Å². The molecule has 1 heterocycles. The summed E-state index contributed by atoms with van der Waals surface area (Å²) in [7, 11) is 0. The summed E-state index contributed by atoms with van der Waals surface area (Å²) in [6.45, 7) is 6.40. The van der Waals surface area contributed by atoms with E-state index in [2.05, 4.69) is 19.2 Å². The summed E-state index contributed by atoms with van der Waals surface area (Å²) in [5.74, 6) is -0.106. The third-order valence-corrected chi connectivity index (χ3v) is 4.67. The zero-order valence-electron chi connectivity index (χ0n) is 11.6. The van der Waals surface area contributed by atoms with Crippen LogP contribution in [0, 0.1) is 5.82 Å². The molecule has 0 saturated carbocycles. The van der Waals surface area contributed by atoms with Crippen LogP contribution in [-0.2, 0) is 11.3 Å². The fraction of sp³-hybridized carbons (Fsp3) is 0.600. The van der Waals surface area contributed by atoms with Crippen LogP contribution >= 0.6 is 11.8 Å². The van der Waals surface area contributed by atoms with Gasteiger partial charge in [0.05, 0.1) is 0 Å². The molecule has 1 aromatic rings. The van der Waals surface area contributed by atoms with E-state index in [0.717, 1.165) is 36.5 Å². The molecule has 1 saturated heterocycles. The number of benzene rings is 1. The zero-order valence-corrected chi connectivity index (χ0v) is 12.4. The van der Waals surface area contributed by atoms with Crippen LogP contribution in [0.4, 0.5) is 4.39 Å². The van der Waals surface area contributed by atoms with E-state index in [1.807, 2.05) is 6.07 Å². The van der Waals surface area contributed by atoms with Crippen LogP contribution < -0.4 is 5.32 Å². The van der Waals surface area contributed by atoms with Crippen LogP contribution in [0.3, 0.4) is 0 Å². The topological polar surface area (TPSA) is 21.3 Å². The molecule has 1 N–H and O–H groups in total. The molecule has 2 nitrogen and oxygen atoms in total. The van der Waals surface area contributed by atoms with Crippen molar-refractivity contribution >= 4 is 11.8 Å². The quantitative estimate of drug-likeness (QED) is 0.892. The SMILES string of the molecule is CC(C)NCc1c(F)cccc1SC1CCOCC1. The van der Waals surface area contributed by atoms with Gasteiger partial charge in [-0.2, -0.15) is 0 Å². The minimum Gasteiger partial charge on any atom is -0.381 e. The van der Waals surface area contributed by atoms with Crippen LogP contribution in [0.15, 0.2) is 23.1 Å². The Bertz CT molecular complexity index is 405. The molecule has 4 heteroatoms. The van der Waals surface area contributed by atoms with Crippen molar-refractivity contribution in [2.24, 2.45) is 0 Å². The predicted molar refractivity (Wildman–Crippen MR) is 78.1 cm³/mol. The van der Waals surface area contributed by atoms with Crippen molar-refractivity contribution in [3.05, 3.63) is 29.6 Å². The summed E-state index contributed by atoms with van der Waals surface area (Å²) in [4.78, 5) is 1.07. The van der Waals surface area contributed by atoms with Crippen LogP contribution in [-0.4, -0.2) is 24.5 Å². The van der Waals surface area contributed by atoms with Gasteiger partial charge in [0, 0.05) is 41.5 Å². The van der Waals surface area contributed by atoms with Crippen molar-refractivity contribution in [3.63, 3.8) is 0 Å². The Morgan fingerprint density at radius 3 is 2.79 bits per heavy atom. The van der Waals surface area contributed by atoms with E-state index < -0.39 is 0 Å². The summed E-state index contributed by atoms with van der Waals surface area (Å²) in [6.07, 6.45) is 2.11. The van der Waals surface area contributed by atoms with Crippen LogP contribution in [0.25, 0.3) is 0 Å². The molecule has 0 atom stereocenters. The lowest BCUT2D eigenvalue weighted by Crippen LogP contribution is -2.23. The first kappa shape index (κ1) is 14.8. The maximum Gasteiger partial charge on any atom is 0.128 e. The first-order valence-corrected chi connectivity index (χ1v) is 7.80. The van der Waals surface area contributed by atoms with E-state index in [-0.39, 0.29) is 5.82 Å². The molecule has 0 bridgehead atoms. The summed E-state index contributed by atoms with van der Waals surface area (Å²) >= 11 is 1.80. The smallest absolute Gasteiger partial charge is 0.128 e. The highest BCUT2D eigenvalue weighted by molar-refractivity contribution is 8.00. The Morgan fingerprint density at radius 2 is 2.11 bits per heavy atom. The molecule has 1 aromatic carbocycles. The molecular formula is C15H22FNOS. The second kappa shape index (κ2) is 7.27. The Balaban J connectivity index is 2.07. The van der Waals surface area contributed by atoms with Gasteiger partial charge in [-0.25, -0.2) is 4.39 Å². The van der Waals surface area contributed by atoms with E-state index >= 15 is 0 Å². The van der Waals surface area contributed by atoms with Gasteiger partial charge < -0.3 is 10.1 Å². The number of thioether (sulfide) groups is 1. The molecule has 0 spiro atoms. The lowest BCUT2D eigenvalue weighted by atomic mass is 10.2. The highest BCUT2D eigenvalue weighted by atomic mass is 32.2. The molecule has 1 fully saturated rings. The highest BCUT2D eigenvalue weighted by Gasteiger charge is 2.18. The minimum atomic E-state index is -0.106. The molecular weight excluding hydrogens is 261 g/mol. The maximum absolute atomic E-state index is 14.0. The summed E-state index contributed by atoms with van der Waals surface area (Å²) in [5.41, 5.74) is 0.799. The third-order valence-electron chi connectivity index (χ3n) is 3.22. The molecule has 0 unspecified atom stereocenters. The van der Waals surface area contributed by atoms with Crippen LogP contribution in [0.5, 0.6) is 0 Å². The number of ether oxygens (including phenoxy) is 1. The number of rotatable bonds is 5. The van der Waals surface area contributed by atoms with Gasteiger partial charge >= 0.3 is 0 Å². The Morgan fingerprint density at radius 1 is 1.37 bits per heavy atom. The van der Waals surface area contributed by atoms with Gasteiger partial charge in [-0.1, -0.05) is 19.9 Å². The van der Waals surface area contributed by atoms with E-state index in [1.54, 1.807) is 23.9 Å². The van der Waals surface area contributed by atoms with Gasteiger partial charge in [0.1, 0.15) is 5.82 Å². The van der Waals surface area contributed by atoms with Crippen LogP contribution in [0.2, 0.25) is 0 Å².